The number of hydrogen-bond donors (Lipinski definition) is 3. The standard InChI is InChI=1S/C10H17N5O/c1-3-12-10(16)7-15(2)8-4-5-13-9(6-8)14-11/h4-6H,3,7,11H2,1-2H3,(H,12,16)(H,13,14). The predicted molar refractivity (Wildman–Crippen MR) is 64.0 cm³/mol. The van der Waals surface area contributed by atoms with Crippen LogP contribution in [-0.4, -0.2) is 31.0 Å². The molecule has 0 radical (unpaired) electrons. The summed E-state index contributed by atoms with van der Waals surface area (Å²) in [6.45, 7) is 2.83. The van der Waals surface area contributed by atoms with Gasteiger partial charge in [0.2, 0.25) is 5.91 Å². The van der Waals surface area contributed by atoms with Crippen molar-refractivity contribution in [2.24, 2.45) is 5.84 Å². The van der Waals surface area contributed by atoms with Gasteiger partial charge in [0.15, 0.2) is 0 Å². The molecule has 0 saturated carbocycles. The molecule has 0 atom stereocenters. The molecule has 1 rings (SSSR count). The Morgan fingerprint density at radius 2 is 2.38 bits per heavy atom. The molecule has 88 valence electrons. The molecule has 1 aromatic heterocycles. The molecule has 0 fully saturated rings. The van der Waals surface area contributed by atoms with Crippen molar-refractivity contribution in [3.63, 3.8) is 0 Å². The van der Waals surface area contributed by atoms with Gasteiger partial charge < -0.3 is 15.6 Å². The molecule has 0 unspecified atom stereocenters. The highest BCUT2D eigenvalue weighted by Crippen LogP contribution is 2.14. The Morgan fingerprint density at radius 1 is 1.62 bits per heavy atom. The molecular formula is C10H17N5O. The largest absolute Gasteiger partial charge is 0.365 e. The number of pyridine rings is 1. The number of hydrazine groups is 1. The fourth-order valence-electron chi connectivity index (χ4n) is 1.30. The third-order valence-corrected chi connectivity index (χ3v) is 2.09. The monoisotopic (exact) mass is 223 g/mol. The predicted octanol–water partition coefficient (Wildman–Crippen LogP) is -0.0605. The van der Waals surface area contributed by atoms with Crippen LogP contribution in [0.2, 0.25) is 0 Å². The number of anilines is 2. The molecule has 0 aliphatic heterocycles. The van der Waals surface area contributed by atoms with Crippen LogP contribution in [0, 0.1) is 0 Å². The first-order chi connectivity index (χ1) is 7.67. The van der Waals surface area contributed by atoms with Gasteiger partial charge in [0.25, 0.3) is 0 Å². The Bertz CT molecular complexity index is 355. The van der Waals surface area contributed by atoms with Gasteiger partial charge in [0, 0.05) is 31.5 Å². The maximum absolute atomic E-state index is 11.4. The van der Waals surface area contributed by atoms with Gasteiger partial charge in [-0.25, -0.2) is 10.8 Å². The molecule has 6 nitrogen and oxygen atoms in total. The normalized spacial score (nSPS) is 9.69. The van der Waals surface area contributed by atoms with Crippen LogP contribution in [0.25, 0.3) is 0 Å². The number of nitrogens with two attached hydrogens (primary N) is 1. The molecule has 1 aromatic rings. The van der Waals surface area contributed by atoms with Crippen molar-refractivity contribution >= 4 is 17.4 Å². The quantitative estimate of drug-likeness (QED) is 0.481. The lowest BCUT2D eigenvalue weighted by molar-refractivity contribution is -0.119. The second-order valence-corrected chi connectivity index (χ2v) is 3.35. The zero-order valence-electron chi connectivity index (χ0n) is 9.53. The highest BCUT2D eigenvalue weighted by Gasteiger charge is 2.06. The molecule has 6 heteroatoms. The van der Waals surface area contributed by atoms with Crippen molar-refractivity contribution < 1.29 is 4.79 Å². The summed E-state index contributed by atoms with van der Waals surface area (Å²) in [7, 11) is 1.84. The minimum absolute atomic E-state index is 0.0101. The average molecular weight is 223 g/mol. The summed E-state index contributed by atoms with van der Waals surface area (Å²) in [4.78, 5) is 17.2. The number of likely N-dealkylation sites (N-methyl/N-ethyl adjacent to an activating group) is 2. The van der Waals surface area contributed by atoms with Crippen LogP contribution in [0.4, 0.5) is 11.5 Å². The van der Waals surface area contributed by atoms with E-state index in [0.717, 1.165) is 5.69 Å². The molecule has 0 saturated heterocycles. The fourth-order valence-corrected chi connectivity index (χ4v) is 1.30. The van der Waals surface area contributed by atoms with Crippen LogP contribution in [0.15, 0.2) is 18.3 Å². The molecule has 4 N–H and O–H groups in total. The molecular weight excluding hydrogens is 206 g/mol. The molecule has 16 heavy (non-hydrogen) atoms. The van der Waals surface area contributed by atoms with Crippen molar-refractivity contribution in [3.05, 3.63) is 18.3 Å². The zero-order valence-corrected chi connectivity index (χ0v) is 9.53. The Morgan fingerprint density at radius 3 is 3.00 bits per heavy atom. The van der Waals surface area contributed by atoms with E-state index in [2.05, 4.69) is 15.7 Å². The molecule has 0 aromatic carbocycles. The van der Waals surface area contributed by atoms with Crippen LogP contribution < -0.4 is 21.5 Å². The van der Waals surface area contributed by atoms with E-state index in [1.54, 1.807) is 12.3 Å². The average Bonchev–Trinajstić information content (AvgIpc) is 2.29. The third kappa shape index (κ3) is 3.39. The van der Waals surface area contributed by atoms with E-state index in [-0.39, 0.29) is 5.91 Å². The van der Waals surface area contributed by atoms with Crippen molar-refractivity contribution in [1.29, 1.82) is 0 Å². The van der Waals surface area contributed by atoms with Crippen LogP contribution in [-0.2, 0) is 4.79 Å². The zero-order chi connectivity index (χ0) is 12.0. The summed E-state index contributed by atoms with van der Waals surface area (Å²) in [6.07, 6.45) is 1.64. The molecule has 0 aliphatic rings. The van der Waals surface area contributed by atoms with Crippen molar-refractivity contribution in [2.75, 3.05) is 30.5 Å². The maximum Gasteiger partial charge on any atom is 0.239 e. The lowest BCUT2D eigenvalue weighted by Crippen LogP contribution is -2.35. The van der Waals surface area contributed by atoms with Crippen LogP contribution in [0.5, 0.6) is 0 Å². The van der Waals surface area contributed by atoms with Crippen LogP contribution in [0.1, 0.15) is 6.92 Å². The van der Waals surface area contributed by atoms with E-state index in [1.165, 1.54) is 0 Å². The summed E-state index contributed by atoms with van der Waals surface area (Å²) < 4.78 is 0. The SMILES string of the molecule is CCNC(=O)CN(C)c1ccnc(NN)c1. The Hall–Kier alpha value is -1.82. The molecule has 1 amide bonds. The van der Waals surface area contributed by atoms with Gasteiger partial charge in [0.05, 0.1) is 6.54 Å². The Labute approximate surface area is 94.8 Å². The van der Waals surface area contributed by atoms with Gasteiger partial charge in [0.1, 0.15) is 5.82 Å². The minimum Gasteiger partial charge on any atom is -0.365 e. The van der Waals surface area contributed by atoms with Gasteiger partial charge in [-0.3, -0.25) is 4.79 Å². The second-order valence-electron chi connectivity index (χ2n) is 3.35. The summed E-state index contributed by atoms with van der Waals surface area (Å²) in [5.41, 5.74) is 3.35. The topological polar surface area (TPSA) is 83.3 Å². The second kappa shape index (κ2) is 5.92. The Balaban J connectivity index is 2.64. The molecule has 1 heterocycles. The van der Waals surface area contributed by atoms with E-state index < -0.39 is 0 Å². The number of carbonyl (C=O) groups excluding carboxylic acids is 1. The lowest BCUT2D eigenvalue weighted by Gasteiger charge is -2.18. The highest BCUT2D eigenvalue weighted by atomic mass is 16.1. The number of nitrogen functional groups attached to an aromatic ring is 1. The number of nitrogens with one attached hydrogen (secondary N) is 2. The highest BCUT2D eigenvalue weighted by molar-refractivity contribution is 5.81. The molecule has 0 bridgehead atoms. The summed E-state index contributed by atoms with van der Waals surface area (Å²) in [5, 5.41) is 2.74. The third-order valence-electron chi connectivity index (χ3n) is 2.09. The summed E-state index contributed by atoms with van der Waals surface area (Å²) >= 11 is 0. The number of rotatable bonds is 5. The molecule has 0 aliphatic carbocycles. The number of nitrogens with zero attached hydrogens (tertiary/aromatic N) is 2. The lowest BCUT2D eigenvalue weighted by atomic mass is 10.3. The number of hydrogen-bond acceptors (Lipinski definition) is 5. The first-order valence-corrected chi connectivity index (χ1v) is 5.08. The van der Waals surface area contributed by atoms with Crippen LogP contribution in [0.3, 0.4) is 0 Å². The van der Waals surface area contributed by atoms with E-state index in [0.29, 0.717) is 18.9 Å². The van der Waals surface area contributed by atoms with E-state index in [4.69, 9.17) is 5.84 Å². The van der Waals surface area contributed by atoms with Gasteiger partial charge in [-0.15, -0.1) is 0 Å². The van der Waals surface area contributed by atoms with Crippen molar-refractivity contribution in [3.8, 4) is 0 Å². The van der Waals surface area contributed by atoms with Gasteiger partial charge >= 0.3 is 0 Å². The number of amides is 1. The van der Waals surface area contributed by atoms with Crippen molar-refractivity contribution in [1.82, 2.24) is 10.3 Å². The molecule has 0 spiro atoms. The van der Waals surface area contributed by atoms with Gasteiger partial charge in [-0.05, 0) is 13.0 Å². The summed E-state index contributed by atoms with van der Waals surface area (Å²) in [6, 6.07) is 3.60. The van der Waals surface area contributed by atoms with Crippen LogP contribution >= 0.6 is 0 Å². The van der Waals surface area contributed by atoms with Gasteiger partial charge in [-0.1, -0.05) is 0 Å². The minimum atomic E-state index is -0.0101. The Kier molecular flexibility index (Phi) is 4.53. The van der Waals surface area contributed by atoms with Crippen molar-refractivity contribution in [2.45, 2.75) is 6.92 Å². The maximum atomic E-state index is 11.4. The first-order valence-electron chi connectivity index (χ1n) is 5.08. The fraction of sp³-hybridized carbons (Fsp3) is 0.400. The van der Waals surface area contributed by atoms with E-state index in [1.807, 2.05) is 24.9 Å². The van der Waals surface area contributed by atoms with E-state index >= 15 is 0 Å². The summed E-state index contributed by atoms with van der Waals surface area (Å²) in [5.74, 6) is 5.82. The number of aromatic nitrogens is 1. The van der Waals surface area contributed by atoms with Gasteiger partial charge in [-0.2, -0.15) is 0 Å². The first kappa shape index (κ1) is 12.3. The number of carbonyl (C=O) groups is 1. The van der Waals surface area contributed by atoms with E-state index in [9.17, 15) is 4.79 Å². The smallest absolute Gasteiger partial charge is 0.239 e.